The first kappa shape index (κ1) is 21.2. The molecule has 2 heterocycles. The zero-order chi connectivity index (χ0) is 23.0. The van der Waals surface area contributed by atoms with Gasteiger partial charge in [0.25, 0.3) is 5.91 Å². The number of nitrogens with zero attached hydrogens (tertiary/aromatic N) is 4. The van der Waals surface area contributed by atoms with E-state index in [1.807, 2.05) is 13.0 Å². The van der Waals surface area contributed by atoms with E-state index in [4.69, 9.17) is 12.3 Å². The van der Waals surface area contributed by atoms with Gasteiger partial charge in [-0.15, -0.1) is 0 Å². The molecule has 0 atom stereocenters. The molecule has 0 saturated heterocycles. The van der Waals surface area contributed by atoms with Crippen molar-refractivity contribution < 1.29 is 14.0 Å². The van der Waals surface area contributed by atoms with E-state index in [9.17, 15) is 14.0 Å². The summed E-state index contributed by atoms with van der Waals surface area (Å²) in [6.07, 6.45) is 0.198. The van der Waals surface area contributed by atoms with Crippen molar-refractivity contribution in [2.75, 3.05) is 6.54 Å². The van der Waals surface area contributed by atoms with Crippen LogP contribution in [0.2, 0.25) is 0 Å². The summed E-state index contributed by atoms with van der Waals surface area (Å²) in [5.74, 6) is -1.06. The summed E-state index contributed by atoms with van der Waals surface area (Å²) < 4.78 is 15.4. The minimum absolute atomic E-state index is 0.0815. The quantitative estimate of drug-likeness (QED) is 0.641. The third-order valence-electron chi connectivity index (χ3n) is 5.75. The third-order valence-corrected chi connectivity index (χ3v) is 5.75. The fourth-order valence-corrected chi connectivity index (χ4v) is 4.02. The van der Waals surface area contributed by atoms with Crippen LogP contribution in [0.3, 0.4) is 0 Å². The number of amides is 2. The Labute approximate surface area is 185 Å². The molecule has 3 aromatic rings. The van der Waals surface area contributed by atoms with E-state index < -0.39 is 5.91 Å². The Morgan fingerprint density at radius 2 is 1.94 bits per heavy atom. The second-order valence-electron chi connectivity index (χ2n) is 7.95. The molecule has 4 rings (SSSR count). The average molecular weight is 431 g/mol. The zero-order valence-electron chi connectivity index (χ0n) is 17.9. The lowest BCUT2D eigenvalue weighted by molar-refractivity contribution is -0.132. The molecule has 0 saturated carbocycles. The van der Waals surface area contributed by atoms with Gasteiger partial charge in [0.1, 0.15) is 11.5 Å². The standard InChI is InChI=1S/C24H22FN5O2/c1-14-11-17(5-6-18(14)25)23-22(24(26)32)20-13-29(8-9-30(20)28-23)21(31)12-16-4-7-19(27-3)15(2)10-16/h4-7,10-11H,8-9,12-13H2,1-2H3,(H2,26,32). The predicted molar refractivity (Wildman–Crippen MR) is 117 cm³/mol. The lowest BCUT2D eigenvalue weighted by Gasteiger charge is -2.28. The van der Waals surface area contributed by atoms with Crippen molar-refractivity contribution in [3.63, 3.8) is 0 Å². The Kier molecular flexibility index (Phi) is 5.49. The molecule has 162 valence electrons. The molecule has 1 aliphatic heterocycles. The molecule has 8 heteroatoms. The van der Waals surface area contributed by atoms with Crippen molar-refractivity contribution in [3.8, 4) is 11.3 Å². The molecule has 0 aliphatic carbocycles. The second kappa shape index (κ2) is 8.27. The van der Waals surface area contributed by atoms with Crippen LogP contribution in [0.25, 0.3) is 16.1 Å². The number of halogens is 1. The molecule has 1 aliphatic rings. The summed E-state index contributed by atoms with van der Waals surface area (Å²) in [5, 5.41) is 4.55. The smallest absolute Gasteiger partial charge is 0.252 e. The fraction of sp³-hybridized carbons (Fsp3) is 0.250. The van der Waals surface area contributed by atoms with Gasteiger partial charge in [-0.3, -0.25) is 14.3 Å². The molecule has 0 fully saturated rings. The fourth-order valence-electron chi connectivity index (χ4n) is 4.02. The van der Waals surface area contributed by atoms with E-state index in [1.54, 1.807) is 40.8 Å². The maximum atomic E-state index is 13.7. The van der Waals surface area contributed by atoms with Crippen molar-refractivity contribution in [2.24, 2.45) is 5.73 Å². The number of nitrogens with two attached hydrogens (primary N) is 1. The Balaban J connectivity index is 1.61. The van der Waals surface area contributed by atoms with Gasteiger partial charge in [0.15, 0.2) is 5.69 Å². The number of hydrogen-bond acceptors (Lipinski definition) is 3. The number of rotatable bonds is 4. The first-order chi connectivity index (χ1) is 15.3. The number of benzene rings is 2. The summed E-state index contributed by atoms with van der Waals surface area (Å²) in [7, 11) is 0. The maximum absolute atomic E-state index is 13.7. The van der Waals surface area contributed by atoms with Crippen LogP contribution in [0.5, 0.6) is 0 Å². The van der Waals surface area contributed by atoms with E-state index in [2.05, 4.69) is 9.94 Å². The lowest BCUT2D eigenvalue weighted by Crippen LogP contribution is -2.40. The summed E-state index contributed by atoms with van der Waals surface area (Å²) in [4.78, 5) is 30.4. The van der Waals surface area contributed by atoms with Crippen LogP contribution < -0.4 is 5.73 Å². The molecule has 0 bridgehead atoms. The topological polar surface area (TPSA) is 85.6 Å². The Morgan fingerprint density at radius 1 is 1.16 bits per heavy atom. The van der Waals surface area contributed by atoms with Gasteiger partial charge < -0.3 is 10.6 Å². The molecule has 7 nitrogen and oxygen atoms in total. The van der Waals surface area contributed by atoms with Crippen molar-refractivity contribution >= 4 is 17.5 Å². The minimum Gasteiger partial charge on any atom is -0.365 e. The number of primary amides is 1. The molecule has 2 amide bonds. The first-order valence-electron chi connectivity index (χ1n) is 10.2. The number of aromatic nitrogens is 2. The molecule has 2 aromatic carbocycles. The molecule has 2 N–H and O–H groups in total. The van der Waals surface area contributed by atoms with Gasteiger partial charge >= 0.3 is 0 Å². The largest absolute Gasteiger partial charge is 0.365 e. The van der Waals surface area contributed by atoms with Crippen LogP contribution in [-0.4, -0.2) is 33.0 Å². The highest BCUT2D eigenvalue weighted by Crippen LogP contribution is 2.29. The van der Waals surface area contributed by atoms with Gasteiger partial charge in [0.05, 0.1) is 37.3 Å². The van der Waals surface area contributed by atoms with Crippen LogP contribution in [0.4, 0.5) is 10.1 Å². The number of carbonyl (C=O) groups excluding carboxylic acids is 2. The number of hydrogen-bond donors (Lipinski definition) is 1. The average Bonchev–Trinajstić information content (AvgIpc) is 3.14. The molecule has 0 radical (unpaired) electrons. The normalized spacial score (nSPS) is 12.9. The second-order valence-corrected chi connectivity index (χ2v) is 7.95. The van der Waals surface area contributed by atoms with E-state index in [-0.39, 0.29) is 30.3 Å². The van der Waals surface area contributed by atoms with Crippen LogP contribution in [-0.2, 0) is 24.3 Å². The Hall–Kier alpha value is -3.99. The van der Waals surface area contributed by atoms with E-state index in [0.29, 0.717) is 41.3 Å². The summed E-state index contributed by atoms with van der Waals surface area (Å²) >= 11 is 0. The number of fused-ring (bicyclic) bond motifs is 1. The molecular formula is C24H22FN5O2. The van der Waals surface area contributed by atoms with Gasteiger partial charge in [-0.05, 0) is 48.7 Å². The van der Waals surface area contributed by atoms with Crippen molar-refractivity contribution in [3.05, 3.63) is 81.6 Å². The minimum atomic E-state index is -0.636. The third kappa shape index (κ3) is 3.85. The van der Waals surface area contributed by atoms with Crippen LogP contribution in [0, 0.1) is 26.2 Å². The van der Waals surface area contributed by atoms with Crippen molar-refractivity contribution in [2.45, 2.75) is 33.4 Å². The van der Waals surface area contributed by atoms with Gasteiger partial charge in [-0.25, -0.2) is 9.24 Å². The molecular weight excluding hydrogens is 409 g/mol. The Bertz CT molecular complexity index is 1290. The monoisotopic (exact) mass is 431 g/mol. The summed E-state index contributed by atoms with van der Waals surface area (Å²) in [6.45, 7) is 11.7. The highest BCUT2D eigenvalue weighted by atomic mass is 19.1. The van der Waals surface area contributed by atoms with Crippen LogP contribution in [0.15, 0.2) is 36.4 Å². The molecule has 0 unspecified atom stereocenters. The SMILES string of the molecule is [C-]#[N+]c1ccc(CC(=O)N2CCn3nc(-c4ccc(F)c(C)c4)c(C(N)=O)c3C2)cc1C. The van der Waals surface area contributed by atoms with Crippen LogP contribution in [0.1, 0.15) is 32.7 Å². The molecule has 1 aromatic heterocycles. The van der Waals surface area contributed by atoms with E-state index in [0.717, 1.165) is 11.1 Å². The maximum Gasteiger partial charge on any atom is 0.252 e. The van der Waals surface area contributed by atoms with E-state index in [1.165, 1.54) is 6.07 Å². The zero-order valence-corrected chi connectivity index (χ0v) is 17.9. The van der Waals surface area contributed by atoms with Crippen molar-refractivity contribution in [1.82, 2.24) is 14.7 Å². The highest BCUT2D eigenvalue weighted by molar-refractivity contribution is 6.00. The lowest BCUT2D eigenvalue weighted by atomic mass is 10.0. The van der Waals surface area contributed by atoms with Crippen LogP contribution >= 0.6 is 0 Å². The number of aryl methyl sites for hydroxylation is 2. The van der Waals surface area contributed by atoms with Gasteiger partial charge in [0.2, 0.25) is 5.91 Å². The Morgan fingerprint density at radius 3 is 2.59 bits per heavy atom. The van der Waals surface area contributed by atoms with Gasteiger partial charge in [-0.2, -0.15) is 5.10 Å². The molecule has 0 spiro atoms. The van der Waals surface area contributed by atoms with E-state index >= 15 is 0 Å². The van der Waals surface area contributed by atoms with Gasteiger partial charge in [-0.1, -0.05) is 18.2 Å². The van der Waals surface area contributed by atoms with Crippen molar-refractivity contribution in [1.29, 1.82) is 0 Å². The summed E-state index contributed by atoms with van der Waals surface area (Å²) in [6, 6.07) is 9.90. The first-order valence-corrected chi connectivity index (χ1v) is 10.2. The number of carbonyl (C=O) groups is 2. The predicted octanol–water partition coefficient (Wildman–Crippen LogP) is 3.54. The molecule has 32 heavy (non-hydrogen) atoms. The highest BCUT2D eigenvalue weighted by Gasteiger charge is 2.29. The summed E-state index contributed by atoms with van der Waals surface area (Å²) in [5.41, 5.74) is 10.2. The van der Waals surface area contributed by atoms with Gasteiger partial charge in [0, 0.05) is 12.1 Å².